The first kappa shape index (κ1) is 11.4. The van der Waals surface area contributed by atoms with Crippen LogP contribution in [0.15, 0.2) is 17.5 Å². The lowest BCUT2D eigenvalue weighted by molar-refractivity contribution is 0.0688. The summed E-state index contributed by atoms with van der Waals surface area (Å²) in [6.07, 6.45) is 1.78. The molecular weight excluding hydrogens is 250 g/mol. The number of hydrogen-bond acceptors (Lipinski definition) is 4. The minimum atomic E-state index is -1.00. The fourth-order valence-corrected chi connectivity index (χ4v) is 3.15. The quantitative estimate of drug-likeness (QED) is 0.869. The first-order valence-electron chi connectivity index (χ1n) is 5.81. The summed E-state index contributed by atoms with van der Waals surface area (Å²) in [5.41, 5.74) is 6.80. The van der Waals surface area contributed by atoms with Crippen LogP contribution in [0.1, 0.15) is 35.1 Å². The molecule has 6 heteroatoms. The Balaban J connectivity index is 2.22. The molecule has 2 aromatic rings. The highest BCUT2D eigenvalue weighted by atomic mass is 32.1. The SMILES string of the molecule is NC1CCCn2c(-c3cccs3)nc(C(=O)O)c21. The van der Waals surface area contributed by atoms with Gasteiger partial charge >= 0.3 is 5.97 Å². The maximum Gasteiger partial charge on any atom is 0.356 e. The number of aromatic nitrogens is 2. The van der Waals surface area contributed by atoms with Gasteiger partial charge in [-0.15, -0.1) is 11.3 Å². The molecule has 18 heavy (non-hydrogen) atoms. The molecule has 94 valence electrons. The zero-order valence-corrected chi connectivity index (χ0v) is 10.5. The highest BCUT2D eigenvalue weighted by Gasteiger charge is 2.29. The second-order valence-corrected chi connectivity index (χ2v) is 5.30. The molecule has 0 bridgehead atoms. The van der Waals surface area contributed by atoms with E-state index in [1.807, 2.05) is 22.1 Å². The number of aromatic carboxylic acids is 1. The minimum absolute atomic E-state index is 0.102. The maximum absolute atomic E-state index is 11.3. The molecule has 1 aliphatic heterocycles. The van der Waals surface area contributed by atoms with Crippen molar-refractivity contribution >= 4 is 17.3 Å². The van der Waals surface area contributed by atoms with Crippen LogP contribution in [0.2, 0.25) is 0 Å². The minimum Gasteiger partial charge on any atom is -0.476 e. The van der Waals surface area contributed by atoms with Crippen molar-refractivity contribution in [3.63, 3.8) is 0 Å². The van der Waals surface area contributed by atoms with Crippen LogP contribution in [-0.2, 0) is 6.54 Å². The van der Waals surface area contributed by atoms with Crippen molar-refractivity contribution in [2.45, 2.75) is 25.4 Å². The van der Waals surface area contributed by atoms with Gasteiger partial charge in [0.15, 0.2) is 11.5 Å². The largest absolute Gasteiger partial charge is 0.476 e. The number of carboxylic acids is 1. The molecule has 1 atom stereocenters. The summed E-state index contributed by atoms with van der Waals surface area (Å²) in [4.78, 5) is 16.5. The average Bonchev–Trinajstić information content (AvgIpc) is 2.95. The lowest BCUT2D eigenvalue weighted by Crippen LogP contribution is -2.23. The normalized spacial score (nSPS) is 18.6. The smallest absolute Gasteiger partial charge is 0.356 e. The molecule has 3 heterocycles. The number of carboxylic acid groups (broad SMARTS) is 1. The maximum atomic E-state index is 11.3. The number of nitrogens with zero attached hydrogens (tertiary/aromatic N) is 2. The molecule has 0 fully saturated rings. The zero-order chi connectivity index (χ0) is 12.7. The number of imidazole rings is 1. The summed E-state index contributed by atoms with van der Waals surface area (Å²) in [5.74, 6) is -0.272. The van der Waals surface area contributed by atoms with E-state index in [1.54, 1.807) is 11.3 Å². The van der Waals surface area contributed by atoms with Gasteiger partial charge in [-0.25, -0.2) is 9.78 Å². The third-order valence-electron chi connectivity index (χ3n) is 3.20. The molecule has 0 saturated carbocycles. The lowest BCUT2D eigenvalue weighted by atomic mass is 10.0. The predicted molar refractivity (Wildman–Crippen MR) is 68.7 cm³/mol. The van der Waals surface area contributed by atoms with E-state index in [0.717, 1.165) is 30.1 Å². The average molecular weight is 263 g/mol. The molecule has 5 nitrogen and oxygen atoms in total. The Kier molecular flexibility index (Phi) is 2.68. The summed E-state index contributed by atoms with van der Waals surface area (Å²) in [6.45, 7) is 0.788. The van der Waals surface area contributed by atoms with Gasteiger partial charge in [0.1, 0.15) is 0 Å². The molecule has 0 spiro atoms. The van der Waals surface area contributed by atoms with Crippen molar-refractivity contribution < 1.29 is 9.90 Å². The van der Waals surface area contributed by atoms with E-state index >= 15 is 0 Å². The van der Waals surface area contributed by atoms with E-state index in [2.05, 4.69) is 4.98 Å². The Bertz CT molecular complexity index is 589. The van der Waals surface area contributed by atoms with Gasteiger partial charge in [-0.05, 0) is 24.3 Å². The first-order valence-corrected chi connectivity index (χ1v) is 6.69. The van der Waals surface area contributed by atoms with Crippen molar-refractivity contribution in [2.24, 2.45) is 5.73 Å². The van der Waals surface area contributed by atoms with E-state index in [4.69, 9.17) is 5.73 Å². The zero-order valence-electron chi connectivity index (χ0n) is 9.67. The third-order valence-corrected chi connectivity index (χ3v) is 4.06. The van der Waals surface area contributed by atoms with Gasteiger partial charge in [0.2, 0.25) is 0 Å². The fraction of sp³-hybridized carbons (Fsp3) is 0.333. The number of carbonyl (C=O) groups is 1. The van der Waals surface area contributed by atoms with Gasteiger partial charge in [0.05, 0.1) is 10.6 Å². The molecule has 0 radical (unpaired) electrons. The summed E-state index contributed by atoms with van der Waals surface area (Å²) < 4.78 is 1.96. The Morgan fingerprint density at radius 1 is 1.61 bits per heavy atom. The van der Waals surface area contributed by atoms with Crippen molar-refractivity contribution in [3.8, 4) is 10.7 Å². The Hall–Kier alpha value is -1.66. The van der Waals surface area contributed by atoms with Gasteiger partial charge in [-0.1, -0.05) is 6.07 Å². The topological polar surface area (TPSA) is 81.1 Å². The molecule has 0 saturated heterocycles. The number of rotatable bonds is 2. The molecule has 1 unspecified atom stereocenters. The highest BCUT2D eigenvalue weighted by molar-refractivity contribution is 7.13. The van der Waals surface area contributed by atoms with Crippen LogP contribution in [0.3, 0.4) is 0 Å². The second-order valence-electron chi connectivity index (χ2n) is 4.35. The van der Waals surface area contributed by atoms with Crippen molar-refractivity contribution in [1.82, 2.24) is 9.55 Å². The standard InChI is InChI=1S/C12H13N3O2S/c13-7-3-1-5-15-10(7)9(12(16)17)14-11(15)8-4-2-6-18-8/h2,4,6-7H,1,3,5,13H2,(H,16,17). The van der Waals surface area contributed by atoms with Gasteiger partial charge in [0, 0.05) is 12.6 Å². The number of fused-ring (bicyclic) bond motifs is 1. The van der Waals surface area contributed by atoms with Gasteiger partial charge in [-0.2, -0.15) is 0 Å². The number of nitrogens with two attached hydrogens (primary N) is 1. The molecule has 1 aliphatic rings. The summed E-state index contributed by atoms with van der Waals surface area (Å²) in [5, 5.41) is 11.2. The molecule has 3 rings (SSSR count). The van der Waals surface area contributed by atoms with E-state index in [9.17, 15) is 9.90 Å². The molecular formula is C12H13N3O2S. The van der Waals surface area contributed by atoms with Crippen LogP contribution >= 0.6 is 11.3 Å². The molecule has 0 aromatic carbocycles. The Morgan fingerprint density at radius 2 is 2.44 bits per heavy atom. The Morgan fingerprint density at radius 3 is 3.11 bits per heavy atom. The molecule has 2 aromatic heterocycles. The van der Waals surface area contributed by atoms with E-state index in [1.165, 1.54) is 0 Å². The predicted octanol–water partition coefficient (Wildman–Crippen LogP) is 2.10. The van der Waals surface area contributed by atoms with Crippen LogP contribution in [-0.4, -0.2) is 20.6 Å². The highest BCUT2D eigenvalue weighted by Crippen LogP contribution is 2.33. The number of hydrogen-bond donors (Lipinski definition) is 2. The monoisotopic (exact) mass is 263 g/mol. The van der Waals surface area contributed by atoms with Crippen molar-refractivity contribution in [3.05, 3.63) is 28.9 Å². The van der Waals surface area contributed by atoms with Crippen molar-refractivity contribution in [1.29, 1.82) is 0 Å². The number of thiophene rings is 1. The summed E-state index contributed by atoms with van der Waals surface area (Å²) >= 11 is 1.56. The van der Waals surface area contributed by atoms with Gasteiger partial charge < -0.3 is 15.4 Å². The Labute approximate surface area is 108 Å². The molecule has 0 amide bonds. The summed E-state index contributed by atoms with van der Waals surface area (Å²) in [7, 11) is 0. The van der Waals surface area contributed by atoms with E-state index < -0.39 is 5.97 Å². The third kappa shape index (κ3) is 1.65. The van der Waals surface area contributed by atoms with Crippen molar-refractivity contribution in [2.75, 3.05) is 0 Å². The van der Waals surface area contributed by atoms with Crippen LogP contribution in [0.4, 0.5) is 0 Å². The van der Waals surface area contributed by atoms with E-state index in [0.29, 0.717) is 5.69 Å². The van der Waals surface area contributed by atoms with Crippen LogP contribution in [0, 0.1) is 0 Å². The van der Waals surface area contributed by atoms with Gasteiger partial charge in [-0.3, -0.25) is 0 Å². The summed E-state index contributed by atoms with van der Waals surface area (Å²) in [6, 6.07) is 3.66. The molecule has 3 N–H and O–H groups in total. The molecule has 0 aliphatic carbocycles. The van der Waals surface area contributed by atoms with Crippen LogP contribution in [0.25, 0.3) is 10.7 Å². The first-order chi connectivity index (χ1) is 8.68. The lowest BCUT2D eigenvalue weighted by Gasteiger charge is -2.22. The van der Waals surface area contributed by atoms with Crippen LogP contribution in [0.5, 0.6) is 0 Å². The fourth-order valence-electron chi connectivity index (χ4n) is 2.42. The van der Waals surface area contributed by atoms with Crippen LogP contribution < -0.4 is 5.73 Å². The van der Waals surface area contributed by atoms with Gasteiger partial charge in [0.25, 0.3) is 0 Å². The second kappa shape index (κ2) is 4.22. The van der Waals surface area contributed by atoms with E-state index in [-0.39, 0.29) is 11.7 Å².